The second-order valence-electron chi connectivity index (χ2n) is 7.55. The molecule has 0 unspecified atom stereocenters. The van der Waals surface area contributed by atoms with Crippen molar-refractivity contribution in [2.45, 2.75) is 26.1 Å². The highest BCUT2D eigenvalue weighted by Crippen LogP contribution is 2.33. The zero-order valence-electron chi connectivity index (χ0n) is 16.7. The van der Waals surface area contributed by atoms with Gasteiger partial charge < -0.3 is 10.1 Å². The van der Waals surface area contributed by atoms with Crippen LogP contribution < -0.4 is 15.6 Å². The van der Waals surface area contributed by atoms with Gasteiger partial charge in [-0.25, -0.2) is 0 Å². The number of alkyl halides is 2. The maximum Gasteiger partial charge on any atom is 0.319 e. The molecule has 2 aromatic heterocycles. The number of pyridine rings is 1. The first-order valence-corrected chi connectivity index (χ1v) is 10.2. The van der Waals surface area contributed by atoms with E-state index in [0.717, 1.165) is 27.6 Å². The van der Waals surface area contributed by atoms with Crippen molar-refractivity contribution in [1.29, 1.82) is 0 Å². The number of ether oxygens (including phenoxy) is 1. The zero-order chi connectivity index (χ0) is 21.4. The molecular weight excluding hydrogens is 400 g/mol. The minimum atomic E-state index is -2.65. The predicted octanol–water partition coefficient (Wildman–Crippen LogP) is 4.41. The zero-order valence-corrected chi connectivity index (χ0v) is 16.7. The molecule has 158 valence electrons. The van der Waals surface area contributed by atoms with Gasteiger partial charge in [-0.15, -0.1) is 0 Å². The lowest BCUT2D eigenvalue weighted by atomic mass is 10.0. The minimum absolute atomic E-state index is 0.286. The van der Waals surface area contributed by atoms with Gasteiger partial charge in [0.1, 0.15) is 12.4 Å². The lowest BCUT2D eigenvalue weighted by molar-refractivity contribution is 0.0715. The molecule has 1 aliphatic rings. The van der Waals surface area contributed by atoms with E-state index in [9.17, 15) is 13.6 Å². The fourth-order valence-electron chi connectivity index (χ4n) is 4.19. The first-order valence-electron chi connectivity index (χ1n) is 10.2. The highest BCUT2D eigenvalue weighted by atomic mass is 19.3. The molecule has 0 atom stereocenters. The SMILES string of the molecule is O=c1cc(OCc2ccccc2)ccn1-c1ccc2c3c(n(C(F)F)c2c1)CNCC3. The fourth-order valence-corrected chi connectivity index (χ4v) is 4.19. The average Bonchev–Trinajstić information content (AvgIpc) is 3.12. The Morgan fingerprint density at radius 2 is 1.90 bits per heavy atom. The van der Waals surface area contributed by atoms with Crippen molar-refractivity contribution < 1.29 is 13.5 Å². The molecule has 1 aliphatic heterocycles. The summed E-state index contributed by atoms with van der Waals surface area (Å²) in [6.45, 7) is -1.11. The second kappa shape index (κ2) is 8.00. The molecule has 7 heteroatoms. The van der Waals surface area contributed by atoms with Gasteiger partial charge in [0, 0.05) is 29.9 Å². The molecule has 0 saturated heterocycles. The van der Waals surface area contributed by atoms with Crippen LogP contribution in [0.1, 0.15) is 23.4 Å². The standard InChI is InChI=1S/C24H21F2N3O2/c25-24(26)29-21-12-17(6-7-19(21)20-8-10-27-14-22(20)29)28-11-9-18(13-23(28)30)31-15-16-4-2-1-3-5-16/h1-7,9,11-13,24,27H,8,10,14-15H2. The van der Waals surface area contributed by atoms with Gasteiger partial charge in [-0.05, 0) is 42.3 Å². The van der Waals surface area contributed by atoms with Crippen molar-refractivity contribution >= 4 is 10.9 Å². The number of fused-ring (bicyclic) bond motifs is 3. The Morgan fingerprint density at radius 1 is 1.06 bits per heavy atom. The van der Waals surface area contributed by atoms with E-state index < -0.39 is 6.55 Å². The Morgan fingerprint density at radius 3 is 2.68 bits per heavy atom. The fraction of sp³-hybridized carbons (Fsp3) is 0.208. The number of halogens is 2. The van der Waals surface area contributed by atoms with Crippen molar-refractivity contribution in [3.05, 3.63) is 94.0 Å². The van der Waals surface area contributed by atoms with Crippen LogP contribution in [0.2, 0.25) is 0 Å². The number of hydrogen-bond donors (Lipinski definition) is 1. The largest absolute Gasteiger partial charge is 0.489 e. The molecule has 0 aliphatic carbocycles. The second-order valence-corrected chi connectivity index (χ2v) is 7.55. The van der Waals surface area contributed by atoms with Crippen LogP contribution in [0.15, 0.2) is 71.7 Å². The summed E-state index contributed by atoms with van der Waals surface area (Å²) in [7, 11) is 0. The number of aromatic nitrogens is 2. The van der Waals surface area contributed by atoms with Gasteiger partial charge in [0.05, 0.1) is 11.2 Å². The molecular formula is C24H21F2N3O2. The van der Waals surface area contributed by atoms with Gasteiger partial charge in [0.25, 0.3) is 5.56 Å². The summed E-state index contributed by atoms with van der Waals surface area (Å²) >= 11 is 0. The van der Waals surface area contributed by atoms with E-state index in [1.807, 2.05) is 36.4 Å². The summed E-state index contributed by atoms with van der Waals surface area (Å²) in [6, 6.07) is 18.1. The quantitative estimate of drug-likeness (QED) is 0.519. The molecule has 2 aromatic carbocycles. The predicted molar refractivity (Wildman–Crippen MR) is 115 cm³/mol. The summed E-state index contributed by atoms with van der Waals surface area (Å²) < 4.78 is 35.9. The van der Waals surface area contributed by atoms with Crippen LogP contribution in [0, 0.1) is 0 Å². The maximum atomic E-state index is 13.9. The molecule has 4 aromatic rings. The third-order valence-electron chi connectivity index (χ3n) is 5.66. The summed E-state index contributed by atoms with van der Waals surface area (Å²) in [5.41, 5.74) is 3.27. The maximum absolute atomic E-state index is 13.9. The van der Waals surface area contributed by atoms with Crippen molar-refractivity contribution in [2.75, 3.05) is 6.54 Å². The van der Waals surface area contributed by atoms with Crippen molar-refractivity contribution in [1.82, 2.24) is 14.5 Å². The molecule has 0 radical (unpaired) electrons. The van der Waals surface area contributed by atoms with Crippen LogP contribution >= 0.6 is 0 Å². The van der Waals surface area contributed by atoms with Crippen molar-refractivity contribution in [2.24, 2.45) is 0 Å². The lowest BCUT2D eigenvalue weighted by Crippen LogP contribution is -2.25. The minimum Gasteiger partial charge on any atom is -0.489 e. The summed E-state index contributed by atoms with van der Waals surface area (Å²) in [5.74, 6) is 0.462. The van der Waals surface area contributed by atoms with E-state index in [-0.39, 0.29) is 5.56 Å². The van der Waals surface area contributed by atoms with E-state index in [2.05, 4.69) is 5.32 Å². The topological polar surface area (TPSA) is 48.2 Å². The van der Waals surface area contributed by atoms with Crippen LogP contribution in [0.4, 0.5) is 8.78 Å². The Balaban J connectivity index is 1.49. The monoisotopic (exact) mass is 421 g/mol. The number of nitrogens with one attached hydrogen (secondary N) is 1. The van der Waals surface area contributed by atoms with Crippen LogP contribution in [-0.2, 0) is 19.6 Å². The van der Waals surface area contributed by atoms with Gasteiger partial charge in [-0.3, -0.25) is 13.9 Å². The molecule has 0 fully saturated rings. The highest BCUT2D eigenvalue weighted by Gasteiger charge is 2.24. The smallest absolute Gasteiger partial charge is 0.319 e. The first kappa shape index (κ1) is 19.5. The third-order valence-corrected chi connectivity index (χ3v) is 5.66. The molecule has 5 nitrogen and oxygen atoms in total. The summed E-state index contributed by atoms with van der Waals surface area (Å²) in [6.07, 6.45) is 2.32. The van der Waals surface area contributed by atoms with Crippen molar-refractivity contribution in [3.63, 3.8) is 0 Å². The lowest BCUT2D eigenvalue weighted by Gasteiger charge is -2.16. The number of rotatable bonds is 5. The van der Waals surface area contributed by atoms with Gasteiger partial charge in [-0.1, -0.05) is 36.4 Å². The normalized spacial score (nSPS) is 13.5. The number of nitrogens with zero attached hydrogens (tertiary/aromatic N) is 2. The van der Waals surface area contributed by atoms with Gasteiger partial charge >= 0.3 is 6.55 Å². The van der Waals surface area contributed by atoms with Crippen LogP contribution in [0.3, 0.4) is 0 Å². The molecule has 3 heterocycles. The Kier molecular flexibility index (Phi) is 5.03. The molecule has 0 spiro atoms. The highest BCUT2D eigenvalue weighted by molar-refractivity contribution is 5.87. The Labute approximate surface area is 177 Å². The summed E-state index contributed by atoms with van der Waals surface area (Å²) in [4.78, 5) is 12.7. The number of benzene rings is 2. The van der Waals surface area contributed by atoms with E-state index in [4.69, 9.17) is 4.74 Å². The van der Waals surface area contributed by atoms with Gasteiger partial charge in [0.15, 0.2) is 0 Å². The van der Waals surface area contributed by atoms with Crippen LogP contribution in [-0.4, -0.2) is 15.7 Å². The molecule has 31 heavy (non-hydrogen) atoms. The van der Waals surface area contributed by atoms with E-state index >= 15 is 0 Å². The van der Waals surface area contributed by atoms with E-state index in [1.54, 1.807) is 24.4 Å². The summed E-state index contributed by atoms with van der Waals surface area (Å²) in [5, 5.41) is 3.98. The van der Waals surface area contributed by atoms with Crippen LogP contribution in [0.25, 0.3) is 16.6 Å². The first-order chi connectivity index (χ1) is 15.1. The Bertz CT molecular complexity index is 1300. The van der Waals surface area contributed by atoms with E-state index in [0.29, 0.717) is 42.2 Å². The Hall–Kier alpha value is -3.45. The number of hydrogen-bond acceptors (Lipinski definition) is 3. The van der Waals surface area contributed by atoms with Crippen molar-refractivity contribution in [3.8, 4) is 11.4 Å². The van der Waals surface area contributed by atoms with Gasteiger partial charge in [0.2, 0.25) is 0 Å². The molecule has 0 bridgehead atoms. The molecule has 0 saturated carbocycles. The van der Waals surface area contributed by atoms with Gasteiger partial charge in [-0.2, -0.15) is 8.78 Å². The van der Waals surface area contributed by atoms with E-state index in [1.165, 1.54) is 10.6 Å². The molecule has 0 amide bonds. The average molecular weight is 421 g/mol. The third kappa shape index (κ3) is 3.61. The van der Waals surface area contributed by atoms with Crippen LogP contribution in [0.5, 0.6) is 5.75 Å². The molecule has 5 rings (SSSR count). The molecule has 1 N–H and O–H groups in total.